The summed E-state index contributed by atoms with van der Waals surface area (Å²) in [6.45, 7) is -0.389. The third-order valence-electron chi connectivity index (χ3n) is 4.24. The maximum Gasteiger partial charge on any atom is 0.405 e. The number of hydrogen-bond donors (Lipinski definition) is 3. The molecule has 0 aromatic carbocycles. The second-order valence-corrected chi connectivity index (χ2v) is 7.52. The van der Waals surface area contributed by atoms with E-state index >= 15 is 0 Å². The average Bonchev–Trinajstić information content (AvgIpc) is 3.46. The van der Waals surface area contributed by atoms with Crippen molar-refractivity contribution in [2.75, 3.05) is 35.2 Å². The predicted molar refractivity (Wildman–Crippen MR) is 115 cm³/mol. The summed E-state index contributed by atoms with van der Waals surface area (Å²) in [5.74, 6) is -0.334. The zero-order valence-corrected chi connectivity index (χ0v) is 18.1. The molecule has 0 atom stereocenters. The van der Waals surface area contributed by atoms with E-state index in [0.717, 1.165) is 6.26 Å². The van der Waals surface area contributed by atoms with Gasteiger partial charge < -0.3 is 20.4 Å². The molecule has 3 aromatic heterocycles. The van der Waals surface area contributed by atoms with Crippen molar-refractivity contribution >= 4 is 52.1 Å². The van der Waals surface area contributed by atoms with Crippen LogP contribution in [-0.2, 0) is 0 Å². The molecule has 0 aliphatic carbocycles. The van der Waals surface area contributed by atoms with Gasteiger partial charge in [0.15, 0.2) is 11.5 Å². The highest BCUT2D eigenvalue weighted by atomic mass is 127. The van der Waals surface area contributed by atoms with E-state index in [0.29, 0.717) is 24.3 Å². The number of nitrogens with zero attached hydrogens (tertiary/aromatic N) is 5. The third-order valence-corrected chi connectivity index (χ3v) is 4.74. The van der Waals surface area contributed by atoms with Gasteiger partial charge in [0, 0.05) is 24.8 Å². The van der Waals surface area contributed by atoms with Crippen LogP contribution in [0.15, 0.2) is 35.2 Å². The number of pyridine rings is 1. The van der Waals surface area contributed by atoms with Crippen LogP contribution in [0, 0.1) is 0 Å². The molecule has 0 unspecified atom stereocenters. The number of nitrogens with one attached hydrogen (secondary N) is 3. The Bertz CT molecular complexity index is 1160. The second kappa shape index (κ2) is 8.64. The van der Waals surface area contributed by atoms with Crippen molar-refractivity contribution in [3.63, 3.8) is 0 Å². The Morgan fingerprint density at radius 2 is 2.19 bits per heavy atom. The summed E-state index contributed by atoms with van der Waals surface area (Å²) in [7, 11) is 0. The minimum atomic E-state index is -4.40. The zero-order valence-electron chi connectivity index (χ0n) is 16.0. The van der Waals surface area contributed by atoms with Crippen LogP contribution in [0.4, 0.5) is 35.3 Å². The van der Waals surface area contributed by atoms with E-state index in [2.05, 4.69) is 31.0 Å². The first kappa shape index (κ1) is 21.8. The molecule has 0 spiro atoms. The Balaban J connectivity index is 1.49. The molecule has 3 aromatic rings. The molecule has 0 bridgehead atoms. The highest BCUT2D eigenvalue weighted by Crippen LogP contribution is 2.27. The summed E-state index contributed by atoms with van der Waals surface area (Å²) in [6.07, 6.45) is -0.459. The Hall–Kier alpha value is -3.37. The van der Waals surface area contributed by atoms with E-state index in [-0.39, 0.29) is 29.3 Å². The van der Waals surface area contributed by atoms with Crippen LogP contribution in [0.3, 0.4) is 0 Å². The summed E-state index contributed by atoms with van der Waals surface area (Å²) >= 11 is 1.89. The van der Waals surface area contributed by atoms with Crippen LogP contribution >= 0.6 is 22.9 Å². The van der Waals surface area contributed by atoms with Gasteiger partial charge in [-0.1, -0.05) is 0 Å². The number of urea groups is 1. The molecular formula is C17H14F3IN8O3. The first-order chi connectivity index (χ1) is 15.2. The van der Waals surface area contributed by atoms with Crippen molar-refractivity contribution in [3.8, 4) is 11.5 Å². The number of halogens is 4. The molecule has 0 saturated carbocycles. The lowest BCUT2D eigenvalue weighted by atomic mass is 10.2. The fraction of sp³-hybridized carbons (Fsp3) is 0.235. The van der Waals surface area contributed by atoms with E-state index in [4.69, 9.17) is 4.42 Å². The van der Waals surface area contributed by atoms with Gasteiger partial charge in [0.05, 0.1) is 29.1 Å². The molecule has 11 nitrogen and oxygen atoms in total. The first-order valence-corrected chi connectivity index (χ1v) is 10.0. The van der Waals surface area contributed by atoms with Crippen molar-refractivity contribution < 1.29 is 27.2 Å². The van der Waals surface area contributed by atoms with Crippen molar-refractivity contribution in [1.82, 2.24) is 23.3 Å². The van der Waals surface area contributed by atoms with E-state index in [1.807, 2.05) is 22.9 Å². The van der Waals surface area contributed by atoms with Gasteiger partial charge in [-0.25, -0.2) is 17.7 Å². The maximum absolute atomic E-state index is 12.7. The first-order valence-electron chi connectivity index (χ1n) is 9.05. The topological polar surface area (TPSA) is 130 Å². The van der Waals surface area contributed by atoms with E-state index in [1.165, 1.54) is 32.3 Å². The number of hydrogen-bond acceptors (Lipinski definition) is 7. The molecule has 4 heterocycles. The molecule has 1 fully saturated rings. The van der Waals surface area contributed by atoms with Gasteiger partial charge in [0.1, 0.15) is 24.3 Å². The van der Waals surface area contributed by atoms with E-state index in [1.54, 1.807) is 0 Å². The smallest absolute Gasteiger partial charge is 0.405 e. The van der Waals surface area contributed by atoms with Gasteiger partial charge in [0.25, 0.3) is 5.91 Å². The molecule has 15 heteroatoms. The maximum atomic E-state index is 12.7. The molecule has 0 radical (unpaired) electrons. The highest BCUT2D eigenvalue weighted by molar-refractivity contribution is 14.1. The van der Waals surface area contributed by atoms with Crippen LogP contribution in [0.5, 0.6) is 0 Å². The number of anilines is 3. The van der Waals surface area contributed by atoms with Gasteiger partial charge in [-0.2, -0.15) is 13.2 Å². The molecule has 32 heavy (non-hydrogen) atoms. The second-order valence-electron chi connectivity index (χ2n) is 6.53. The lowest BCUT2D eigenvalue weighted by Crippen LogP contribution is -2.29. The summed E-state index contributed by atoms with van der Waals surface area (Å²) < 4.78 is 43.9. The Morgan fingerprint density at radius 3 is 2.91 bits per heavy atom. The van der Waals surface area contributed by atoms with Crippen molar-refractivity contribution in [3.05, 3.63) is 36.5 Å². The highest BCUT2D eigenvalue weighted by Gasteiger charge is 2.28. The minimum Gasteiger partial charge on any atom is -0.444 e. The fourth-order valence-electron chi connectivity index (χ4n) is 2.85. The average molecular weight is 562 g/mol. The molecule has 3 N–H and O–H groups in total. The third kappa shape index (κ3) is 4.92. The van der Waals surface area contributed by atoms with Gasteiger partial charge in [0.2, 0.25) is 5.89 Å². The van der Waals surface area contributed by atoms with Crippen LogP contribution in [0.2, 0.25) is 0 Å². The van der Waals surface area contributed by atoms with E-state index in [9.17, 15) is 22.8 Å². The molecule has 168 valence electrons. The monoisotopic (exact) mass is 562 g/mol. The van der Waals surface area contributed by atoms with Crippen molar-refractivity contribution in [2.45, 2.75) is 6.18 Å². The minimum absolute atomic E-state index is 0.0213. The van der Waals surface area contributed by atoms with Crippen molar-refractivity contribution in [2.24, 2.45) is 0 Å². The lowest BCUT2D eigenvalue weighted by Gasteiger charge is -2.12. The van der Waals surface area contributed by atoms with Crippen LogP contribution in [0.1, 0.15) is 10.5 Å². The largest absolute Gasteiger partial charge is 0.444 e. The number of alkyl halides is 3. The van der Waals surface area contributed by atoms with Crippen LogP contribution in [-0.4, -0.2) is 55.7 Å². The zero-order chi connectivity index (χ0) is 22.9. The molecule has 1 aliphatic heterocycles. The molecule has 3 amide bonds. The fourth-order valence-corrected chi connectivity index (χ4v) is 3.33. The summed E-state index contributed by atoms with van der Waals surface area (Å²) in [6, 6.07) is 2.48. The van der Waals surface area contributed by atoms with E-state index < -0.39 is 18.6 Å². The molecule has 4 rings (SSSR count). The normalized spacial score (nSPS) is 13.9. The Labute approximate surface area is 191 Å². The number of rotatable bonds is 6. The van der Waals surface area contributed by atoms with Gasteiger partial charge in [-0.3, -0.25) is 9.69 Å². The predicted octanol–water partition coefficient (Wildman–Crippen LogP) is 2.89. The molecule has 1 saturated heterocycles. The molecular weight excluding hydrogens is 548 g/mol. The number of carbonyl (C=O) groups excluding carboxylic acids is 2. The van der Waals surface area contributed by atoms with Crippen LogP contribution < -0.4 is 20.9 Å². The number of carbonyl (C=O) groups is 2. The number of oxazole rings is 1. The molecule has 1 aliphatic rings. The van der Waals surface area contributed by atoms with Gasteiger partial charge in [-0.15, -0.1) is 5.10 Å². The summed E-state index contributed by atoms with van der Waals surface area (Å²) in [4.78, 5) is 33.9. The summed E-state index contributed by atoms with van der Waals surface area (Å²) in [5.41, 5.74) is 0.562. The van der Waals surface area contributed by atoms with Crippen molar-refractivity contribution in [1.29, 1.82) is 0 Å². The Kier molecular flexibility index (Phi) is 5.90. The summed E-state index contributed by atoms with van der Waals surface area (Å²) in [5, 5.41) is 11.7. The number of amides is 3. The SMILES string of the molecule is O=C(Nc1cn(I)nc1N1CCNC1=O)c1coc(-c2ccnc(NCC(F)(F)F)c2)n1. The van der Waals surface area contributed by atoms with Gasteiger partial charge >= 0.3 is 12.2 Å². The van der Waals surface area contributed by atoms with Crippen LogP contribution in [0.25, 0.3) is 11.5 Å². The van der Waals surface area contributed by atoms with Gasteiger partial charge in [-0.05, 0) is 12.1 Å². The number of aromatic nitrogens is 4. The lowest BCUT2D eigenvalue weighted by molar-refractivity contribution is -0.115. The quantitative estimate of drug-likeness (QED) is 0.394. The standard InChI is InChI=1S/C17H14F3IN8O3/c18-17(19,20)8-24-12-5-9(1-2-22-12)15-26-11(7-32-15)14(30)25-10-6-29(21)27-13(10)28-4-3-23-16(28)31/h1-2,5-7H,3-4,8H2,(H,22,24)(H,23,31)(H,25,30). The Morgan fingerprint density at radius 1 is 1.38 bits per heavy atom.